The number of hydrogen-bond donors (Lipinski definition) is 2. The Morgan fingerprint density at radius 2 is 1.76 bits per heavy atom. The van der Waals surface area contributed by atoms with Gasteiger partial charge in [-0.2, -0.15) is 0 Å². The highest BCUT2D eigenvalue weighted by Gasteiger charge is 2.10. The van der Waals surface area contributed by atoms with E-state index in [1.54, 1.807) is 12.1 Å². The van der Waals surface area contributed by atoms with Gasteiger partial charge in [0.25, 0.3) is 0 Å². The van der Waals surface area contributed by atoms with Crippen molar-refractivity contribution < 1.29 is 9.84 Å². The van der Waals surface area contributed by atoms with E-state index in [0.29, 0.717) is 17.3 Å². The van der Waals surface area contributed by atoms with Crippen LogP contribution in [0.3, 0.4) is 0 Å². The average Bonchev–Trinajstić information content (AvgIpc) is 2.52. The lowest BCUT2D eigenvalue weighted by molar-refractivity contribution is 0.104. The van der Waals surface area contributed by atoms with E-state index in [0.717, 1.165) is 0 Å². The Balaban J connectivity index is 1.75. The lowest BCUT2D eigenvalue weighted by Gasteiger charge is -2.18. The molecule has 0 radical (unpaired) electrons. The molecule has 0 amide bonds. The van der Waals surface area contributed by atoms with Gasteiger partial charge in [0.15, 0.2) is 0 Å². The molecule has 0 aliphatic carbocycles. The third-order valence-corrected chi connectivity index (χ3v) is 3.54. The smallest absolute Gasteiger partial charge is 0.138 e. The largest absolute Gasteiger partial charge is 0.489 e. The lowest BCUT2D eigenvalue weighted by atomic mass is 10.1. The second-order valence-corrected chi connectivity index (χ2v) is 5.34. The van der Waals surface area contributed by atoms with E-state index in [2.05, 4.69) is 24.4 Å². The number of nitrogens with one attached hydrogen (secondary N) is 1. The highest BCUT2D eigenvalue weighted by atomic mass is 35.5. The van der Waals surface area contributed by atoms with Crippen LogP contribution in [0.15, 0.2) is 54.6 Å². The summed E-state index contributed by atoms with van der Waals surface area (Å²) in [6.07, 6.45) is -0.590. The predicted octanol–water partition coefficient (Wildman–Crippen LogP) is 3.43. The van der Waals surface area contributed by atoms with E-state index in [1.165, 1.54) is 5.56 Å². The van der Waals surface area contributed by atoms with E-state index < -0.39 is 6.10 Å². The first kappa shape index (κ1) is 15.8. The van der Waals surface area contributed by atoms with Crippen LogP contribution in [0.5, 0.6) is 5.75 Å². The van der Waals surface area contributed by atoms with E-state index >= 15 is 0 Å². The molecule has 0 bridgehead atoms. The van der Waals surface area contributed by atoms with Gasteiger partial charge in [-0.05, 0) is 24.6 Å². The molecule has 0 aliphatic heterocycles. The molecule has 0 fully saturated rings. The number of ether oxygens (including phenoxy) is 1. The Labute approximate surface area is 130 Å². The van der Waals surface area contributed by atoms with E-state index in [4.69, 9.17) is 16.3 Å². The number of para-hydroxylation sites is 1. The molecule has 0 aliphatic rings. The van der Waals surface area contributed by atoms with Crippen LogP contribution >= 0.6 is 11.6 Å². The van der Waals surface area contributed by atoms with Gasteiger partial charge in [-0.3, -0.25) is 0 Å². The summed E-state index contributed by atoms with van der Waals surface area (Å²) >= 11 is 5.99. The first-order chi connectivity index (χ1) is 10.2. The summed E-state index contributed by atoms with van der Waals surface area (Å²) in [5, 5.41) is 13.8. The zero-order chi connectivity index (χ0) is 15.1. The normalized spacial score (nSPS) is 13.7. The summed E-state index contributed by atoms with van der Waals surface area (Å²) < 4.78 is 5.51. The van der Waals surface area contributed by atoms with Gasteiger partial charge < -0.3 is 15.2 Å². The van der Waals surface area contributed by atoms with Gasteiger partial charge in [-0.1, -0.05) is 54.1 Å². The molecule has 0 aromatic heterocycles. The van der Waals surface area contributed by atoms with E-state index in [1.807, 2.05) is 30.3 Å². The van der Waals surface area contributed by atoms with Crippen LogP contribution in [0, 0.1) is 0 Å². The fourth-order valence-corrected chi connectivity index (χ4v) is 2.17. The molecular formula is C17H20ClNO2. The molecule has 2 N–H and O–H groups in total. The molecule has 1 unspecified atom stereocenters. The standard InChI is InChI=1S/C17H20ClNO2/c1-13(14-7-3-2-4-8-14)19-11-15(20)12-21-17-10-6-5-9-16(17)18/h2-10,13,15,19-20H,11-12H2,1H3/t13-,15?/m0/s1. The van der Waals surface area contributed by atoms with Crippen molar-refractivity contribution in [1.29, 1.82) is 0 Å². The minimum absolute atomic E-state index is 0.182. The van der Waals surface area contributed by atoms with Gasteiger partial charge >= 0.3 is 0 Å². The highest BCUT2D eigenvalue weighted by Crippen LogP contribution is 2.23. The second-order valence-electron chi connectivity index (χ2n) is 4.94. The summed E-state index contributed by atoms with van der Waals surface area (Å²) in [6.45, 7) is 2.73. The van der Waals surface area contributed by atoms with Crippen molar-refractivity contribution in [2.24, 2.45) is 0 Å². The van der Waals surface area contributed by atoms with Crippen molar-refractivity contribution in [2.45, 2.75) is 19.1 Å². The van der Waals surface area contributed by atoms with Crippen molar-refractivity contribution in [3.8, 4) is 5.75 Å². The third-order valence-electron chi connectivity index (χ3n) is 3.23. The van der Waals surface area contributed by atoms with Crippen LogP contribution in [-0.2, 0) is 0 Å². The first-order valence-electron chi connectivity index (χ1n) is 7.00. The molecule has 0 spiro atoms. The monoisotopic (exact) mass is 305 g/mol. The second kappa shape index (κ2) is 8.03. The summed E-state index contributed by atoms with van der Waals surface area (Å²) in [5.41, 5.74) is 1.19. The molecular weight excluding hydrogens is 286 g/mol. The summed E-state index contributed by atoms with van der Waals surface area (Å²) in [4.78, 5) is 0. The topological polar surface area (TPSA) is 41.5 Å². The van der Waals surface area contributed by atoms with Crippen molar-refractivity contribution in [3.63, 3.8) is 0 Å². The zero-order valence-corrected chi connectivity index (χ0v) is 12.8. The van der Waals surface area contributed by atoms with E-state index in [9.17, 15) is 5.11 Å². The average molecular weight is 306 g/mol. The van der Waals surface area contributed by atoms with Crippen LogP contribution in [0.25, 0.3) is 0 Å². The van der Waals surface area contributed by atoms with Crippen molar-refractivity contribution in [2.75, 3.05) is 13.2 Å². The summed E-state index contributed by atoms with van der Waals surface area (Å²) in [7, 11) is 0. The number of benzene rings is 2. The fraction of sp³-hybridized carbons (Fsp3) is 0.294. The highest BCUT2D eigenvalue weighted by molar-refractivity contribution is 6.32. The molecule has 3 nitrogen and oxygen atoms in total. The molecule has 2 rings (SSSR count). The van der Waals surface area contributed by atoms with Crippen LogP contribution in [-0.4, -0.2) is 24.4 Å². The number of rotatable bonds is 7. The molecule has 112 valence electrons. The van der Waals surface area contributed by atoms with Crippen molar-refractivity contribution in [1.82, 2.24) is 5.32 Å². The number of hydrogen-bond acceptors (Lipinski definition) is 3. The molecule has 2 atom stereocenters. The first-order valence-corrected chi connectivity index (χ1v) is 7.38. The molecule has 21 heavy (non-hydrogen) atoms. The Hall–Kier alpha value is -1.55. The van der Waals surface area contributed by atoms with Crippen molar-refractivity contribution >= 4 is 11.6 Å². The van der Waals surface area contributed by atoms with Gasteiger partial charge in [0.2, 0.25) is 0 Å². The molecule has 2 aromatic carbocycles. The Morgan fingerprint density at radius 3 is 2.48 bits per heavy atom. The van der Waals surface area contributed by atoms with Crippen LogP contribution in [0.1, 0.15) is 18.5 Å². The number of aliphatic hydroxyl groups excluding tert-OH is 1. The Bertz CT molecular complexity index is 547. The lowest BCUT2D eigenvalue weighted by Crippen LogP contribution is -2.33. The molecule has 0 saturated carbocycles. The maximum atomic E-state index is 9.97. The maximum absolute atomic E-state index is 9.97. The predicted molar refractivity (Wildman–Crippen MR) is 85.8 cm³/mol. The SMILES string of the molecule is C[C@H](NCC(O)COc1ccccc1Cl)c1ccccc1. The number of aliphatic hydroxyl groups is 1. The maximum Gasteiger partial charge on any atom is 0.138 e. The molecule has 4 heteroatoms. The van der Waals surface area contributed by atoms with Gasteiger partial charge in [0.1, 0.15) is 18.5 Å². The quantitative estimate of drug-likeness (QED) is 0.823. The minimum atomic E-state index is -0.590. The van der Waals surface area contributed by atoms with Gasteiger partial charge in [-0.15, -0.1) is 0 Å². The van der Waals surface area contributed by atoms with Crippen LogP contribution < -0.4 is 10.1 Å². The van der Waals surface area contributed by atoms with Gasteiger partial charge in [-0.25, -0.2) is 0 Å². The molecule has 0 saturated heterocycles. The van der Waals surface area contributed by atoms with E-state index in [-0.39, 0.29) is 12.6 Å². The Morgan fingerprint density at radius 1 is 1.10 bits per heavy atom. The molecule has 0 heterocycles. The summed E-state index contributed by atoms with van der Waals surface area (Å²) in [6, 6.07) is 17.5. The number of halogens is 1. The zero-order valence-electron chi connectivity index (χ0n) is 12.0. The fourth-order valence-electron chi connectivity index (χ4n) is 1.98. The summed E-state index contributed by atoms with van der Waals surface area (Å²) in [5.74, 6) is 0.592. The van der Waals surface area contributed by atoms with Crippen molar-refractivity contribution in [3.05, 3.63) is 65.2 Å². The van der Waals surface area contributed by atoms with Gasteiger partial charge in [0, 0.05) is 12.6 Å². The van der Waals surface area contributed by atoms with Gasteiger partial charge in [0.05, 0.1) is 5.02 Å². The van der Waals surface area contributed by atoms with Crippen LogP contribution in [0.4, 0.5) is 0 Å². The Kier molecular flexibility index (Phi) is 6.05. The minimum Gasteiger partial charge on any atom is -0.489 e. The van der Waals surface area contributed by atoms with Crippen LogP contribution in [0.2, 0.25) is 5.02 Å². The molecule has 2 aromatic rings. The third kappa shape index (κ3) is 5.05.